The average Bonchev–Trinajstić information content (AvgIpc) is 3.13. The molecule has 0 spiro atoms. The van der Waals surface area contributed by atoms with Gasteiger partial charge in [-0.05, 0) is 111 Å². The average molecular weight is 477 g/mol. The summed E-state index contributed by atoms with van der Waals surface area (Å²) < 4.78 is 0. The molecule has 0 amide bonds. The van der Waals surface area contributed by atoms with E-state index >= 15 is 0 Å². The molecule has 9 atom stereocenters. The Morgan fingerprint density at radius 1 is 0.824 bits per heavy atom. The van der Waals surface area contributed by atoms with Gasteiger partial charge in [-0.15, -0.1) is 0 Å². The predicted octanol–water partition coefficient (Wildman–Crippen LogP) is 5.31. The molecule has 6 heteroatoms. The van der Waals surface area contributed by atoms with E-state index in [2.05, 4.69) is 20.8 Å². The lowest BCUT2D eigenvalue weighted by atomic mass is 9.43. The first-order valence-corrected chi connectivity index (χ1v) is 13.6. The third kappa shape index (κ3) is 4.33. The van der Waals surface area contributed by atoms with Gasteiger partial charge in [0.1, 0.15) is 5.60 Å². The van der Waals surface area contributed by atoms with E-state index in [1.807, 2.05) is 0 Å². The van der Waals surface area contributed by atoms with E-state index < -0.39 is 17.5 Å². The molecule has 4 aliphatic carbocycles. The molecule has 4 saturated carbocycles. The van der Waals surface area contributed by atoms with Crippen molar-refractivity contribution in [2.45, 2.75) is 110 Å². The van der Waals surface area contributed by atoms with E-state index in [-0.39, 0.29) is 30.5 Å². The largest absolute Gasteiger partial charge is 0.481 e. The molecule has 34 heavy (non-hydrogen) atoms. The highest BCUT2D eigenvalue weighted by Gasteiger charge is 2.62. The van der Waals surface area contributed by atoms with Gasteiger partial charge in [-0.3, -0.25) is 14.4 Å². The van der Waals surface area contributed by atoms with Crippen molar-refractivity contribution in [3.63, 3.8) is 0 Å². The van der Waals surface area contributed by atoms with Crippen LogP contribution >= 0.6 is 0 Å². The van der Waals surface area contributed by atoms with Crippen molar-refractivity contribution in [1.82, 2.24) is 0 Å². The second-order valence-corrected chi connectivity index (χ2v) is 12.8. The van der Waals surface area contributed by atoms with Gasteiger partial charge < -0.3 is 15.3 Å². The number of carboxylic acid groups (broad SMARTS) is 2. The molecule has 192 valence electrons. The van der Waals surface area contributed by atoms with Crippen LogP contribution in [0.3, 0.4) is 0 Å². The van der Waals surface area contributed by atoms with Crippen LogP contribution in [0.1, 0.15) is 104 Å². The molecule has 4 fully saturated rings. The summed E-state index contributed by atoms with van der Waals surface area (Å²) in [4.78, 5) is 34.8. The zero-order valence-corrected chi connectivity index (χ0v) is 21.2. The van der Waals surface area contributed by atoms with Gasteiger partial charge in [-0.25, -0.2) is 0 Å². The van der Waals surface area contributed by atoms with Gasteiger partial charge in [-0.2, -0.15) is 0 Å². The molecule has 4 aliphatic rings. The highest BCUT2D eigenvalue weighted by Crippen LogP contribution is 2.69. The number of rotatable bonds is 8. The maximum Gasteiger partial charge on any atom is 0.303 e. The zero-order valence-electron chi connectivity index (χ0n) is 21.2. The van der Waals surface area contributed by atoms with Gasteiger partial charge in [0.25, 0.3) is 0 Å². The molecular weight excluding hydrogens is 432 g/mol. The van der Waals surface area contributed by atoms with E-state index in [1.165, 1.54) is 25.7 Å². The van der Waals surface area contributed by atoms with Gasteiger partial charge >= 0.3 is 11.9 Å². The number of hydrogen-bond donors (Lipinski definition) is 3. The fourth-order valence-corrected chi connectivity index (χ4v) is 9.48. The second kappa shape index (κ2) is 9.22. The molecule has 4 rings (SSSR count). The summed E-state index contributed by atoms with van der Waals surface area (Å²) in [5, 5.41) is 29.3. The Balaban J connectivity index is 1.46. The summed E-state index contributed by atoms with van der Waals surface area (Å²) in [5.74, 6) is 1.39. The quantitative estimate of drug-likeness (QED) is 0.438. The normalized spacial score (nSPS) is 44.4. The Morgan fingerprint density at radius 3 is 2.18 bits per heavy atom. The standard InChI is InChI=1S/C28H44O6/c1-17(4-10-24(30)31)20-7-8-21-19-6-5-18-16-28(34,23(29)9-11-25(32)33)15-14-26(18,2)22(19)12-13-27(20,21)3/h17-22,34H,4-16H2,1-3H3,(H,30,31)(H,32,33)/t17-,18?,19+,20-,21+,22+,26+,27-,28-/m1/s1. The van der Waals surface area contributed by atoms with E-state index in [0.717, 1.165) is 25.7 Å². The van der Waals surface area contributed by atoms with Crippen molar-refractivity contribution in [3.05, 3.63) is 0 Å². The fourth-order valence-electron chi connectivity index (χ4n) is 9.48. The van der Waals surface area contributed by atoms with Crippen molar-refractivity contribution in [2.24, 2.45) is 46.3 Å². The highest BCUT2D eigenvalue weighted by molar-refractivity contribution is 5.89. The van der Waals surface area contributed by atoms with Crippen LogP contribution in [0.25, 0.3) is 0 Å². The minimum atomic E-state index is -1.35. The number of Topliss-reactive ketones (excluding diaryl/α,β-unsaturated/α-hetero) is 1. The van der Waals surface area contributed by atoms with Crippen LogP contribution in [0, 0.1) is 46.3 Å². The van der Waals surface area contributed by atoms with E-state index in [4.69, 9.17) is 10.2 Å². The highest BCUT2D eigenvalue weighted by atomic mass is 16.4. The van der Waals surface area contributed by atoms with Gasteiger partial charge in [-0.1, -0.05) is 20.8 Å². The third-order valence-corrected chi connectivity index (χ3v) is 11.4. The number of carbonyl (C=O) groups excluding carboxylic acids is 1. The Bertz CT molecular complexity index is 824. The van der Waals surface area contributed by atoms with Gasteiger partial charge in [0.05, 0.1) is 6.42 Å². The summed E-state index contributed by atoms with van der Waals surface area (Å²) in [6.07, 6.45) is 9.58. The van der Waals surface area contributed by atoms with E-state index in [0.29, 0.717) is 53.8 Å². The number of fused-ring (bicyclic) bond motifs is 5. The van der Waals surface area contributed by atoms with Crippen molar-refractivity contribution < 1.29 is 29.7 Å². The molecule has 6 nitrogen and oxygen atoms in total. The molecular formula is C28H44O6. The smallest absolute Gasteiger partial charge is 0.303 e. The Hall–Kier alpha value is -1.43. The van der Waals surface area contributed by atoms with Crippen LogP contribution in [-0.4, -0.2) is 38.6 Å². The lowest BCUT2D eigenvalue weighted by Gasteiger charge is -2.62. The molecule has 0 saturated heterocycles. The molecule has 0 aromatic heterocycles. The van der Waals surface area contributed by atoms with Crippen LogP contribution in [0.4, 0.5) is 0 Å². The minimum absolute atomic E-state index is 0.0802. The van der Waals surface area contributed by atoms with E-state index in [1.54, 1.807) is 0 Å². The molecule has 0 bridgehead atoms. The molecule has 1 unspecified atom stereocenters. The number of ketones is 1. The maximum absolute atomic E-state index is 12.7. The predicted molar refractivity (Wildman–Crippen MR) is 128 cm³/mol. The summed E-state index contributed by atoms with van der Waals surface area (Å²) in [5.41, 5.74) is -0.922. The SMILES string of the molecule is C[C@H](CCC(=O)O)[C@H]1CC[C@H]2[C@@H]3CCC4C[C@@](O)(C(=O)CCC(=O)O)CC[C@]4(C)[C@H]3CC[C@]12C. The van der Waals surface area contributed by atoms with Crippen molar-refractivity contribution in [1.29, 1.82) is 0 Å². The van der Waals surface area contributed by atoms with Gasteiger partial charge in [0, 0.05) is 12.8 Å². The Morgan fingerprint density at radius 2 is 1.50 bits per heavy atom. The molecule has 0 aromatic carbocycles. The summed E-state index contributed by atoms with van der Waals surface area (Å²) >= 11 is 0. The van der Waals surface area contributed by atoms with Crippen molar-refractivity contribution in [2.75, 3.05) is 0 Å². The number of carboxylic acids is 2. The minimum Gasteiger partial charge on any atom is -0.481 e. The first-order valence-electron chi connectivity index (χ1n) is 13.6. The van der Waals surface area contributed by atoms with Crippen LogP contribution in [0.15, 0.2) is 0 Å². The Kier molecular flexibility index (Phi) is 6.96. The molecule has 0 radical (unpaired) electrons. The summed E-state index contributed by atoms with van der Waals surface area (Å²) in [6.45, 7) is 7.15. The topological polar surface area (TPSA) is 112 Å². The van der Waals surface area contributed by atoms with E-state index in [9.17, 15) is 19.5 Å². The van der Waals surface area contributed by atoms with Crippen molar-refractivity contribution in [3.8, 4) is 0 Å². The van der Waals surface area contributed by atoms with Crippen LogP contribution < -0.4 is 0 Å². The fraction of sp³-hybridized carbons (Fsp3) is 0.893. The van der Waals surface area contributed by atoms with Crippen molar-refractivity contribution >= 4 is 17.7 Å². The molecule has 0 aromatic rings. The first kappa shape index (κ1) is 25.7. The molecule has 0 aliphatic heterocycles. The van der Waals surface area contributed by atoms with Crippen LogP contribution in [0.5, 0.6) is 0 Å². The molecule has 0 heterocycles. The summed E-state index contributed by atoms with van der Waals surface area (Å²) in [6, 6.07) is 0. The number of hydrogen-bond acceptors (Lipinski definition) is 4. The lowest BCUT2D eigenvalue weighted by molar-refractivity contribution is -0.167. The zero-order chi connectivity index (χ0) is 24.9. The van der Waals surface area contributed by atoms with Crippen LogP contribution in [0.2, 0.25) is 0 Å². The lowest BCUT2D eigenvalue weighted by Crippen LogP contribution is -2.57. The number of aliphatic carboxylic acids is 2. The third-order valence-electron chi connectivity index (χ3n) is 11.4. The number of carbonyl (C=O) groups is 3. The van der Waals surface area contributed by atoms with Gasteiger partial charge in [0.2, 0.25) is 0 Å². The Labute approximate surface area is 203 Å². The first-order chi connectivity index (χ1) is 15.9. The van der Waals surface area contributed by atoms with Crippen LogP contribution in [-0.2, 0) is 14.4 Å². The number of aliphatic hydroxyl groups is 1. The maximum atomic E-state index is 12.7. The summed E-state index contributed by atoms with van der Waals surface area (Å²) in [7, 11) is 0. The monoisotopic (exact) mass is 476 g/mol. The molecule has 3 N–H and O–H groups in total. The van der Waals surface area contributed by atoms with Gasteiger partial charge in [0.15, 0.2) is 5.78 Å². The second-order valence-electron chi connectivity index (χ2n) is 12.8.